The number of rotatable bonds is 18. The van der Waals surface area contributed by atoms with Crippen molar-refractivity contribution < 1.29 is 48.2 Å². The molecule has 0 amide bonds. The number of aliphatic hydroxyl groups excluding tert-OH is 1. The maximum absolute atomic E-state index is 11.3. The first-order valence-electron chi connectivity index (χ1n) is 14.1. The number of aliphatic hydroxyl groups is 1. The minimum Gasteiger partial charge on any atom is -0.487 e. The summed E-state index contributed by atoms with van der Waals surface area (Å²) in [5.74, 6) is -1.35. The second-order valence-corrected chi connectivity index (χ2v) is 23.9. The van der Waals surface area contributed by atoms with Gasteiger partial charge in [-0.05, 0) is 28.0 Å². The fraction of sp³-hybridized carbons (Fsp3) is 0.704. The fourth-order valence-electron chi connectivity index (χ4n) is 2.82. The van der Waals surface area contributed by atoms with E-state index in [2.05, 4.69) is 74.9 Å². The molecule has 2 rings (SSSR count). The number of aromatic carboxylic acids is 1. The van der Waals surface area contributed by atoms with Crippen molar-refractivity contribution in [2.24, 2.45) is 0 Å². The lowest BCUT2D eigenvalue weighted by atomic mass is 10.4. The number of hydrogen-bond donors (Lipinski definition) is 2. The molecule has 0 radical (unpaired) electrons. The Morgan fingerprint density at radius 1 is 0.795 bits per heavy atom. The minimum atomic E-state index is -1.13. The van der Waals surface area contributed by atoms with Crippen LogP contribution in [-0.2, 0) is 37.1 Å². The normalized spacial score (nSPS) is 11.2. The number of carboxylic acid groups (broad SMARTS) is 1. The molecule has 0 bridgehead atoms. The van der Waals surface area contributed by atoms with E-state index in [-0.39, 0.29) is 37.1 Å². The summed E-state index contributed by atoms with van der Waals surface area (Å²) in [7, 11) is 2.25. The Kier molecular flexibility index (Phi) is 21.3. The predicted molar refractivity (Wildman–Crippen MR) is 175 cm³/mol. The van der Waals surface area contributed by atoms with E-state index in [0.717, 1.165) is 18.7 Å². The summed E-state index contributed by atoms with van der Waals surface area (Å²) in [6.07, 6.45) is 3.24. The monoisotopic (exact) mass is 726 g/mol. The summed E-state index contributed by atoms with van der Waals surface area (Å²) in [5.41, 5.74) is 0.159. The SMILES string of the molecule is COC(=O)c1nn(COCC[Si](C)(C)C)cc1Br.COCCO.COCCOc1cn(COCC[Si](C)(C)C)nc1C(=O)O. The van der Waals surface area contributed by atoms with Crippen LogP contribution in [0.1, 0.15) is 21.0 Å². The molecule has 0 aliphatic heterocycles. The molecule has 0 saturated heterocycles. The van der Waals surface area contributed by atoms with Crippen molar-refractivity contribution in [3.63, 3.8) is 0 Å². The summed E-state index contributed by atoms with van der Waals surface area (Å²) in [4.78, 5) is 22.5. The van der Waals surface area contributed by atoms with E-state index in [1.807, 2.05) is 0 Å². The van der Waals surface area contributed by atoms with Crippen LogP contribution >= 0.6 is 15.9 Å². The Morgan fingerprint density at radius 3 is 1.70 bits per heavy atom. The average molecular weight is 728 g/mol. The van der Waals surface area contributed by atoms with Crippen LogP contribution in [0.15, 0.2) is 16.9 Å². The summed E-state index contributed by atoms with van der Waals surface area (Å²) < 4.78 is 34.0. The molecule has 2 heterocycles. The Balaban J connectivity index is 0.000000734. The molecule has 0 saturated carbocycles. The molecule has 0 aliphatic rings. The molecular weight excluding hydrogens is 676 g/mol. The molecule has 0 aliphatic carbocycles. The highest BCUT2D eigenvalue weighted by Crippen LogP contribution is 2.18. The molecule has 254 valence electrons. The van der Waals surface area contributed by atoms with Crippen LogP contribution in [0.25, 0.3) is 0 Å². The third-order valence-corrected chi connectivity index (χ3v) is 9.30. The van der Waals surface area contributed by atoms with Crippen molar-refractivity contribution in [3.05, 3.63) is 28.3 Å². The molecule has 2 aromatic rings. The van der Waals surface area contributed by atoms with E-state index in [1.165, 1.54) is 18.0 Å². The van der Waals surface area contributed by atoms with E-state index in [4.69, 9.17) is 29.2 Å². The largest absolute Gasteiger partial charge is 0.487 e. The fourth-order valence-corrected chi connectivity index (χ4v) is 4.81. The van der Waals surface area contributed by atoms with Crippen LogP contribution in [0.3, 0.4) is 0 Å². The topological polar surface area (TPSA) is 166 Å². The third kappa shape index (κ3) is 20.0. The summed E-state index contributed by atoms with van der Waals surface area (Å²) >= 11 is 3.27. The van der Waals surface area contributed by atoms with Crippen LogP contribution in [0.5, 0.6) is 5.75 Å². The number of hydrogen-bond acceptors (Lipinski definition) is 11. The van der Waals surface area contributed by atoms with Gasteiger partial charge < -0.3 is 38.6 Å². The maximum Gasteiger partial charge on any atom is 0.360 e. The zero-order valence-electron chi connectivity index (χ0n) is 27.6. The Labute approximate surface area is 271 Å². The quantitative estimate of drug-likeness (QED) is 0.127. The lowest BCUT2D eigenvalue weighted by molar-refractivity contribution is 0.0580. The van der Waals surface area contributed by atoms with E-state index in [1.54, 1.807) is 25.1 Å². The Hall–Kier alpha value is -2.13. The lowest BCUT2D eigenvalue weighted by Crippen LogP contribution is -2.22. The van der Waals surface area contributed by atoms with Gasteiger partial charge in [-0.3, -0.25) is 0 Å². The van der Waals surface area contributed by atoms with Gasteiger partial charge in [0.1, 0.15) is 20.1 Å². The number of aromatic nitrogens is 4. The second kappa shape index (κ2) is 22.4. The van der Waals surface area contributed by atoms with Crippen LogP contribution < -0.4 is 4.74 Å². The third-order valence-electron chi connectivity index (χ3n) is 5.31. The summed E-state index contributed by atoms with van der Waals surface area (Å²) in [5, 5.41) is 25.1. The number of methoxy groups -OCH3 is 3. The molecule has 14 nitrogen and oxygen atoms in total. The number of nitrogens with zero attached hydrogens (tertiary/aromatic N) is 4. The molecule has 0 atom stereocenters. The second-order valence-electron chi connectivity index (χ2n) is 11.8. The van der Waals surface area contributed by atoms with Crippen molar-refractivity contribution in [3.8, 4) is 5.75 Å². The highest BCUT2D eigenvalue weighted by molar-refractivity contribution is 9.10. The zero-order chi connectivity index (χ0) is 33.8. The molecule has 2 N–H and O–H groups in total. The van der Waals surface area contributed by atoms with Crippen molar-refractivity contribution in [2.45, 2.75) is 64.8 Å². The van der Waals surface area contributed by atoms with E-state index < -0.39 is 28.1 Å². The predicted octanol–water partition coefficient (Wildman–Crippen LogP) is 4.29. The van der Waals surface area contributed by atoms with Crippen LogP contribution in [0.2, 0.25) is 51.4 Å². The minimum absolute atomic E-state index is 0.111. The van der Waals surface area contributed by atoms with E-state index in [0.29, 0.717) is 31.0 Å². The van der Waals surface area contributed by atoms with Crippen LogP contribution in [-0.4, -0.2) is 119 Å². The standard InChI is InChI=1S/C13H24N2O5Si.C11H19BrN2O3Si.C3H8O2/c1-18-5-6-20-11-9-15(14-12(11)13(16)17)10-19-7-8-21(2,3)4;1-16-11(15)10-9(12)7-14(13-10)8-17-5-6-18(2,3)4;1-5-3-2-4/h9H,5-8,10H2,1-4H3,(H,16,17);7H,5-6,8H2,1-4H3;4H,2-3H2,1H3. The van der Waals surface area contributed by atoms with Crippen molar-refractivity contribution >= 4 is 44.0 Å². The van der Waals surface area contributed by atoms with Gasteiger partial charge in [0.25, 0.3) is 0 Å². The molecule has 0 fully saturated rings. The number of carbonyl (C=O) groups is 2. The van der Waals surface area contributed by atoms with Gasteiger partial charge >= 0.3 is 11.9 Å². The van der Waals surface area contributed by atoms with Gasteiger partial charge in [-0.15, -0.1) is 0 Å². The number of carboxylic acids is 1. The van der Waals surface area contributed by atoms with Crippen LogP contribution in [0, 0.1) is 0 Å². The average Bonchev–Trinajstić information content (AvgIpc) is 3.52. The van der Waals surface area contributed by atoms with Gasteiger partial charge in [-0.1, -0.05) is 39.3 Å². The number of halogens is 1. The van der Waals surface area contributed by atoms with E-state index in [9.17, 15) is 9.59 Å². The van der Waals surface area contributed by atoms with E-state index >= 15 is 0 Å². The summed E-state index contributed by atoms with van der Waals surface area (Å²) in [6.45, 7) is 16.9. The Bertz CT molecular complexity index is 1090. The molecule has 2 aromatic heterocycles. The van der Waals surface area contributed by atoms with Crippen LogP contribution in [0.4, 0.5) is 0 Å². The molecule has 0 unspecified atom stereocenters. The van der Waals surface area contributed by atoms with Crippen molar-refractivity contribution in [1.29, 1.82) is 0 Å². The first-order chi connectivity index (χ1) is 20.6. The molecule has 17 heteroatoms. The molecular formula is C27H51BrN4O10Si2. The molecule has 44 heavy (non-hydrogen) atoms. The zero-order valence-corrected chi connectivity index (χ0v) is 31.1. The molecule has 0 aromatic carbocycles. The molecule has 0 spiro atoms. The maximum atomic E-state index is 11.3. The van der Waals surface area contributed by atoms with Gasteiger partial charge in [0.05, 0.1) is 37.6 Å². The highest BCUT2D eigenvalue weighted by atomic mass is 79.9. The van der Waals surface area contributed by atoms with Gasteiger partial charge in [-0.2, -0.15) is 10.2 Å². The smallest absolute Gasteiger partial charge is 0.360 e. The number of carbonyl (C=O) groups excluding carboxylic acids is 1. The first kappa shape index (κ1) is 41.9. The Morgan fingerprint density at radius 2 is 1.30 bits per heavy atom. The van der Waals surface area contributed by atoms with Crippen molar-refractivity contribution in [2.75, 3.05) is 61.0 Å². The van der Waals surface area contributed by atoms with Gasteiger partial charge in [0.15, 0.2) is 11.4 Å². The number of esters is 1. The number of ether oxygens (including phenoxy) is 6. The summed E-state index contributed by atoms with van der Waals surface area (Å²) in [6, 6.07) is 2.16. The van der Waals surface area contributed by atoms with Gasteiger partial charge in [0, 0.05) is 49.8 Å². The first-order valence-corrected chi connectivity index (χ1v) is 22.3. The van der Waals surface area contributed by atoms with Gasteiger partial charge in [-0.25, -0.2) is 19.0 Å². The lowest BCUT2D eigenvalue weighted by Gasteiger charge is -2.15. The van der Waals surface area contributed by atoms with Crippen molar-refractivity contribution in [1.82, 2.24) is 19.6 Å². The van der Waals surface area contributed by atoms with Gasteiger partial charge in [0.2, 0.25) is 5.69 Å². The highest BCUT2D eigenvalue weighted by Gasteiger charge is 2.18.